The Bertz CT molecular complexity index is 890. The number of ether oxygens (including phenoxy) is 2. The molecule has 0 N–H and O–H groups in total. The zero-order valence-corrected chi connectivity index (χ0v) is 16.8. The van der Waals surface area contributed by atoms with Gasteiger partial charge in [0, 0.05) is 11.8 Å². The first-order valence-electron chi connectivity index (χ1n) is 7.89. The lowest BCUT2D eigenvalue weighted by Gasteiger charge is -2.23. The molecule has 148 valence electrons. The third-order valence-corrected chi connectivity index (χ3v) is 4.55. The molecule has 0 aliphatic carbocycles. The number of hydrogen-bond acceptors (Lipinski definition) is 8. The van der Waals surface area contributed by atoms with Crippen molar-refractivity contribution in [2.45, 2.75) is 38.2 Å². The molecule has 0 spiro atoms. The highest BCUT2D eigenvalue weighted by atomic mass is 32.2. The van der Waals surface area contributed by atoms with Crippen molar-refractivity contribution in [3.63, 3.8) is 0 Å². The number of carbonyl (C=O) groups excluding carboxylic acids is 4. The summed E-state index contributed by atoms with van der Waals surface area (Å²) >= 11 is 0. The van der Waals surface area contributed by atoms with Crippen LogP contribution in [-0.2, 0) is 28.9 Å². The van der Waals surface area contributed by atoms with E-state index in [0.29, 0.717) is 0 Å². The molecule has 1 rings (SSSR count). The van der Waals surface area contributed by atoms with Crippen molar-refractivity contribution in [3.8, 4) is 0 Å². The van der Waals surface area contributed by atoms with Gasteiger partial charge in [-0.15, -0.1) is 0 Å². The van der Waals surface area contributed by atoms with Crippen LogP contribution in [0.5, 0.6) is 0 Å². The Labute approximate surface area is 157 Å². The normalized spacial score (nSPS) is 12.8. The summed E-state index contributed by atoms with van der Waals surface area (Å²) in [6, 6.07) is 3.57. The maximum absolute atomic E-state index is 12.9. The van der Waals surface area contributed by atoms with Crippen LogP contribution in [0.2, 0.25) is 0 Å². The summed E-state index contributed by atoms with van der Waals surface area (Å²) in [6.45, 7) is 5.71. The quantitative estimate of drug-likeness (QED) is 0.402. The average molecular weight is 398 g/mol. The first-order valence-corrected chi connectivity index (χ1v) is 9.78. The fourth-order valence-electron chi connectivity index (χ4n) is 2.38. The van der Waals surface area contributed by atoms with Crippen molar-refractivity contribution in [2.24, 2.45) is 5.92 Å². The maximum Gasteiger partial charge on any atom is 0.339 e. The van der Waals surface area contributed by atoms with Crippen LogP contribution in [0.15, 0.2) is 23.1 Å². The molecule has 27 heavy (non-hydrogen) atoms. The van der Waals surface area contributed by atoms with Crippen LogP contribution in [-0.4, -0.2) is 50.9 Å². The smallest absolute Gasteiger partial charge is 0.339 e. The molecule has 9 heteroatoms. The molecule has 0 saturated carbocycles. The first-order chi connectivity index (χ1) is 12.2. The van der Waals surface area contributed by atoms with Gasteiger partial charge in [-0.1, -0.05) is 6.07 Å². The van der Waals surface area contributed by atoms with Gasteiger partial charge in [0.05, 0.1) is 17.6 Å². The zero-order valence-electron chi connectivity index (χ0n) is 16.0. The molecule has 0 radical (unpaired) electrons. The van der Waals surface area contributed by atoms with Gasteiger partial charge in [-0.05, 0) is 39.8 Å². The molecule has 0 aliphatic rings. The summed E-state index contributed by atoms with van der Waals surface area (Å²) in [5.74, 6) is -5.79. The summed E-state index contributed by atoms with van der Waals surface area (Å²) in [6.07, 6.45) is 0.807. The monoisotopic (exact) mass is 398 g/mol. The van der Waals surface area contributed by atoms with E-state index in [2.05, 4.69) is 4.74 Å². The largest absolute Gasteiger partial charge is 0.465 e. The second kappa shape index (κ2) is 7.99. The van der Waals surface area contributed by atoms with Gasteiger partial charge in [-0.25, -0.2) is 13.2 Å². The predicted molar refractivity (Wildman–Crippen MR) is 95.2 cm³/mol. The highest BCUT2D eigenvalue weighted by Gasteiger charge is 2.38. The Morgan fingerprint density at radius 1 is 1.04 bits per heavy atom. The lowest BCUT2D eigenvalue weighted by atomic mass is 9.93. The van der Waals surface area contributed by atoms with E-state index in [0.717, 1.165) is 26.4 Å². The average Bonchev–Trinajstić information content (AvgIpc) is 2.50. The number of carbonyl (C=O) groups is 4. The summed E-state index contributed by atoms with van der Waals surface area (Å²) in [7, 11) is -3.01. The molecule has 0 aliphatic heterocycles. The molecular weight excluding hydrogens is 376 g/mol. The molecule has 0 aromatic heterocycles. The third kappa shape index (κ3) is 5.46. The van der Waals surface area contributed by atoms with Gasteiger partial charge >= 0.3 is 11.9 Å². The summed E-state index contributed by atoms with van der Waals surface area (Å²) in [5, 5.41) is 0. The van der Waals surface area contributed by atoms with Crippen LogP contribution < -0.4 is 0 Å². The number of hydrogen-bond donors (Lipinski definition) is 0. The predicted octanol–water partition coefficient (Wildman–Crippen LogP) is 1.61. The van der Waals surface area contributed by atoms with Crippen molar-refractivity contribution in [1.82, 2.24) is 0 Å². The molecule has 0 fully saturated rings. The Morgan fingerprint density at radius 2 is 1.56 bits per heavy atom. The highest BCUT2D eigenvalue weighted by molar-refractivity contribution is 7.90. The SMILES string of the molecule is COC(=O)c1cccc(C(=O)C(C(C)=O)C(=O)OC(C)(C)C)c1S(C)(=O)=O. The van der Waals surface area contributed by atoms with Crippen LogP contribution in [0, 0.1) is 5.92 Å². The lowest BCUT2D eigenvalue weighted by Crippen LogP contribution is -2.37. The van der Waals surface area contributed by atoms with Gasteiger partial charge in [0.15, 0.2) is 27.3 Å². The molecule has 0 amide bonds. The molecule has 0 saturated heterocycles. The second-order valence-corrected chi connectivity index (χ2v) is 8.84. The Balaban J connectivity index is 3.63. The Kier molecular flexibility index (Phi) is 6.66. The van der Waals surface area contributed by atoms with E-state index in [-0.39, 0.29) is 5.56 Å². The second-order valence-electron chi connectivity index (χ2n) is 6.89. The van der Waals surface area contributed by atoms with E-state index in [1.165, 1.54) is 12.1 Å². The highest BCUT2D eigenvalue weighted by Crippen LogP contribution is 2.26. The van der Waals surface area contributed by atoms with Gasteiger partial charge in [-0.2, -0.15) is 0 Å². The molecule has 1 atom stereocenters. The number of sulfone groups is 1. The summed E-state index contributed by atoms with van der Waals surface area (Å²) in [5.41, 5.74) is -1.78. The topological polar surface area (TPSA) is 121 Å². The molecule has 8 nitrogen and oxygen atoms in total. The van der Waals surface area contributed by atoms with Crippen molar-refractivity contribution >= 4 is 33.3 Å². The summed E-state index contributed by atoms with van der Waals surface area (Å²) in [4.78, 5) is 48.5. The van der Waals surface area contributed by atoms with Gasteiger partial charge in [-0.3, -0.25) is 14.4 Å². The van der Waals surface area contributed by atoms with E-state index in [1.807, 2.05) is 0 Å². The molecule has 1 unspecified atom stereocenters. The van der Waals surface area contributed by atoms with Crippen molar-refractivity contribution in [2.75, 3.05) is 13.4 Å². The fraction of sp³-hybridized carbons (Fsp3) is 0.444. The van der Waals surface area contributed by atoms with Crippen LogP contribution in [0.25, 0.3) is 0 Å². The van der Waals surface area contributed by atoms with E-state index >= 15 is 0 Å². The number of methoxy groups -OCH3 is 1. The minimum atomic E-state index is -4.07. The van der Waals surface area contributed by atoms with Gasteiger partial charge < -0.3 is 9.47 Å². The van der Waals surface area contributed by atoms with Crippen molar-refractivity contribution in [1.29, 1.82) is 0 Å². The lowest BCUT2D eigenvalue weighted by molar-refractivity contribution is -0.159. The van der Waals surface area contributed by atoms with Gasteiger partial charge in [0.25, 0.3) is 0 Å². The fourth-order valence-corrected chi connectivity index (χ4v) is 3.49. The van der Waals surface area contributed by atoms with Crippen molar-refractivity contribution in [3.05, 3.63) is 29.3 Å². The molecule has 1 aromatic rings. The van der Waals surface area contributed by atoms with Crippen molar-refractivity contribution < 1.29 is 37.1 Å². The van der Waals surface area contributed by atoms with E-state index in [9.17, 15) is 27.6 Å². The third-order valence-electron chi connectivity index (χ3n) is 3.37. The number of benzene rings is 1. The van der Waals surface area contributed by atoms with E-state index in [4.69, 9.17) is 4.74 Å². The Hall–Kier alpha value is -2.55. The van der Waals surface area contributed by atoms with Crippen LogP contribution >= 0.6 is 0 Å². The van der Waals surface area contributed by atoms with Crippen LogP contribution in [0.3, 0.4) is 0 Å². The van der Waals surface area contributed by atoms with Crippen LogP contribution in [0.1, 0.15) is 48.4 Å². The molecule has 0 bridgehead atoms. The van der Waals surface area contributed by atoms with E-state index < -0.39 is 55.3 Å². The number of Topliss-reactive ketones (excluding diaryl/α,β-unsaturated/α-hetero) is 2. The van der Waals surface area contributed by atoms with E-state index in [1.54, 1.807) is 20.8 Å². The Morgan fingerprint density at radius 3 is 1.96 bits per heavy atom. The van der Waals surface area contributed by atoms with Gasteiger partial charge in [0.2, 0.25) is 0 Å². The minimum Gasteiger partial charge on any atom is -0.465 e. The molecule has 1 aromatic carbocycles. The summed E-state index contributed by atoms with van der Waals surface area (Å²) < 4.78 is 34.1. The minimum absolute atomic E-state index is 0.364. The zero-order chi connectivity index (χ0) is 21.2. The van der Waals surface area contributed by atoms with Crippen LogP contribution in [0.4, 0.5) is 0 Å². The maximum atomic E-state index is 12.9. The molecular formula is C18H22O8S. The van der Waals surface area contributed by atoms with Gasteiger partial charge in [0.1, 0.15) is 5.60 Å². The number of ketones is 2. The first kappa shape index (κ1) is 22.5. The molecule has 0 heterocycles. The standard InChI is InChI=1S/C18H22O8S/c1-10(19)13(17(22)26-18(2,3)4)14(20)11-8-7-9-12(16(21)25-5)15(11)27(6,23)24/h7-9,13H,1-6H3. The number of esters is 2. The number of rotatable bonds is 6.